The largest absolute Gasteiger partial charge is 0.508 e. The molecule has 3 rings (SSSR count). The predicted octanol–water partition coefficient (Wildman–Crippen LogP) is 4.75. The molecule has 0 spiro atoms. The van der Waals surface area contributed by atoms with Gasteiger partial charge in [-0.1, -0.05) is 42.5 Å². The lowest BCUT2D eigenvalue weighted by atomic mass is 10.2. The van der Waals surface area contributed by atoms with Crippen LogP contribution in [0.3, 0.4) is 0 Å². The molecule has 3 aromatic rings. The number of phenols is 2. The Labute approximate surface area is 202 Å². The maximum absolute atomic E-state index is 12.7. The third-order valence-corrected chi connectivity index (χ3v) is 6.72. The highest BCUT2D eigenvalue weighted by Crippen LogP contribution is 2.62. The number of para-hydroxylation sites is 2. The lowest BCUT2D eigenvalue weighted by molar-refractivity contribution is 0.127. The predicted molar refractivity (Wildman–Crippen MR) is 126 cm³/mol. The summed E-state index contributed by atoms with van der Waals surface area (Å²) >= 11 is 0. The van der Waals surface area contributed by atoms with Crippen LogP contribution in [0, 0.1) is 0 Å². The second kappa shape index (κ2) is 13.3. The van der Waals surface area contributed by atoms with Gasteiger partial charge in [0, 0.05) is 17.2 Å². The van der Waals surface area contributed by atoms with E-state index in [1.807, 2.05) is 0 Å². The van der Waals surface area contributed by atoms with E-state index >= 15 is 0 Å². The molecule has 0 aliphatic rings. The van der Waals surface area contributed by atoms with Crippen LogP contribution < -0.4 is 9.47 Å². The summed E-state index contributed by atoms with van der Waals surface area (Å²) in [6.07, 6.45) is 0. The van der Waals surface area contributed by atoms with Gasteiger partial charge in [0.05, 0.1) is 27.4 Å². The normalized spacial score (nSPS) is 11.3. The molecule has 0 saturated carbocycles. The SMILES string of the molecule is COc1ccccc1COP(=O)(OCc1ccccc1OC)OP(=O)(O)O.Oc1cccc(O)c1. The molecule has 4 N–H and O–H groups in total. The van der Waals surface area contributed by atoms with E-state index in [0.29, 0.717) is 22.6 Å². The van der Waals surface area contributed by atoms with Gasteiger partial charge < -0.3 is 29.5 Å². The zero-order valence-corrected chi connectivity index (χ0v) is 20.7. The standard InChI is InChI=1S/C16H20O9P2.C6H6O2/c1-21-15-9-5-3-7-13(15)11-23-27(20,25-26(17,18)19)24-12-14-8-4-6-10-16(14)22-2;7-5-2-1-3-6(8)4-5/h3-10H,11-12H2,1-2H3,(H2,17,18,19);1-4,7-8H. The molecule has 13 heteroatoms. The molecule has 3 aromatic carbocycles. The van der Waals surface area contributed by atoms with Crippen molar-refractivity contribution >= 4 is 15.6 Å². The Balaban J connectivity index is 0.000000456. The molecule has 0 heterocycles. The van der Waals surface area contributed by atoms with E-state index in [9.17, 15) is 9.13 Å². The van der Waals surface area contributed by atoms with Crippen molar-refractivity contribution in [3.05, 3.63) is 83.9 Å². The second-order valence-electron chi connectivity index (χ2n) is 6.71. The van der Waals surface area contributed by atoms with Crippen molar-refractivity contribution in [1.82, 2.24) is 0 Å². The second-order valence-corrected chi connectivity index (χ2v) is 9.76. The van der Waals surface area contributed by atoms with E-state index in [-0.39, 0.29) is 24.7 Å². The topological polar surface area (TPSA) is 161 Å². The number of rotatable bonds is 10. The maximum Gasteiger partial charge on any atom is 0.484 e. The first kappa shape index (κ1) is 28.4. The molecule has 190 valence electrons. The number of phosphoric ester groups is 1. The minimum absolute atomic E-state index is 0.0880. The first-order valence-electron chi connectivity index (χ1n) is 9.93. The molecule has 0 radical (unpaired) electrons. The quantitative estimate of drug-likeness (QED) is 0.269. The van der Waals surface area contributed by atoms with Crippen molar-refractivity contribution in [1.29, 1.82) is 0 Å². The van der Waals surface area contributed by atoms with Gasteiger partial charge in [-0.3, -0.25) is 9.05 Å². The smallest absolute Gasteiger partial charge is 0.484 e. The van der Waals surface area contributed by atoms with Crippen molar-refractivity contribution in [2.45, 2.75) is 13.2 Å². The third-order valence-electron chi connectivity index (χ3n) is 4.18. The summed E-state index contributed by atoms with van der Waals surface area (Å²) in [6.45, 7) is -0.625. The molecule has 11 nitrogen and oxygen atoms in total. The van der Waals surface area contributed by atoms with Crippen LogP contribution in [0.4, 0.5) is 0 Å². The van der Waals surface area contributed by atoms with Crippen molar-refractivity contribution in [3.63, 3.8) is 0 Å². The molecule has 0 unspecified atom stereocenters. The molecule has 0 aliphatic carbocycles. The van der Waals surface area contributed by atoms with Crippen LogP contribution in [-0.4, -0.2) is 34.2 Å². The number of phenolic OH excluding ortho intramolecular Hbond substituents is 2. The molecule has 0 atom stereocenters. The van der Waals surface area contributed by atoms with Crippen molar-refractivity contribution in [3.8, 4) is 23.0 Å². The van der Waals surface area contributed by atoms with Gasteiger partial charge in [0.15, 0.2) is 0 Å². The number of benzene rings is 3. The number of ether oxygens (including phenoxy) is 2. The van der Waals surface area contributed by atoms with E-state index in [2.05, 4.69) is 4.31 Å². The Morgan fingerprint density at radius 1 is 0.686 bits per heavy atom. The molecule has 35 heavy (non-hydrogen) atoms. The van der Waals surface area contributed by atoms with Gasteiger partial charge in [-0.05, 0) is 24.3 Å². The molecular formula is C22H26O11P2. The van der Waals surface area contributed by atoms with Crippen molar-refractivity contribution in [2.24, 2.45) is 0 Å². The number of phosphoric acid groups is 2. The molecule has 0 amide bonds. The van der Waals surface area contributed by atoms with E-state index in [1.54, 1.807) is 54.6 Å². The third kappa shape index (κ3) is 10.1. The first-order valence-corrected chi connectivity index (χ1v) is 12.9. The van der Waals surface area contributed by atoms with E-state index in [1.165, 1.54) is 32.4 Å². The van der Waals surface area contributed by atoms with Crippen LogP contribution in [-0.2, 0) is 35.7 Å². The zero-order chi connectivity index (χ0) is 25.9. The van der Waals surface area contributed by atoms with Gasteiger partial charge >= 0.3 is 15.6 Å². The molecule has 0 bridgehead atoms. The Hall–Kier alpha value is -2.88. The van der Waals surface area contributed by atoms with E-state index in [4.69, 9.17) is 38.5 Å². The zero-order valence-electron chi connectivity index (χ0n) is 18.9. The highest BCUT2D eigenvalue weighted by atomic mass is 31.3. The van der Waals surface area contributed by atoms with Crippen LogP contribution in [0.15, 0.2) is 72.8 Å². The van der Waals surface area contributed by atoms with Gasteiger partial charge in [-0.25, -0.2) is 9.13 Å². The van der Waals surface area contributed by atoms with Gasteiger partial charge in [0.1, 0.15) is 23.0 Å². The van der Waals surface area contributed by atoms with E-state index in [0.717, 1.165) is 0 Å². The maximum atomic E-state index is 12.7. The van der Waals surface area contributed by atoms with Crippen LogP contribution >= 0.6 is 15.6 Å². The summed E-state index contributed by atoms with van der Waals surface area (Å²) in [5.41, 5.74) is 0.992. The Kier molecular flexibility index (Phi) is 10.8. The van der Waals surface area contributed by atoms with Crippen molar-refractivity contribution in [2.75, 3.05) is 14.2 Å². The molecule has 0 saturated heterocycles. The lowest BCUT2D eigenvalue weighted by Crippen LogP contribution is -2.02. The monoisotopic (exact) mass is 528 g/mol. The molecule has 0 fully saturated rings. The fourth-order valence-electron chi connectivity index (χ4n) is 2.65. The molecule has 0 aliphatic heterocycles. The number of methoxy groups -OCH3 is 2. The highest BCUT2D eigenvalue weighted by Gasteiger charge is 2.36. The van der Waals surface area contributed by atoms with Gasteiger partial charge in [0.25, 0.3) is 0 Å². The fraction of sp³-hybridized carbons (Fsp3) is 0.182. The van der Waals surface area contributed by atoms with Gasteiger partial charge in [0.2, 0.25) is 0 Å². The fourth-order valence-corrected chi connectivity index (χ4v) is 4.74. The number of hydrogen-bond acceptors (Lipinski definition) is 9. The van der Waals surface area contributed by atoms with Crippen LogP contribution in [0.2, 0.25) is 0 Å². The average Bonchev–Trinajstić information content (AvgIpc) is 2.81. The highest BCUT2D eigenvalue weighted by molar-refractivity contribution is 7.61. The molecular weight excluding hydrogens is 502 g/mol. The number of aromatic hydroxyl groups is 2. The van der Waals surface area contributed by atoms with Crippen LogP contribution in [0.25, 0.3) is 0 Å². The van der Waals surface area contributed by atoms with Gasteiger partial charge in [-0.15, -0.1) is 0 Å². The average molecular weight is 528 g/mol. The summed E-state index contributed by atoms with van der Waals surface area (Å²) in [6, 6.07) is 19.3. The Bertz CT molecular complexity index is 1110. The summed E-state index contributed by atoms with van der Waals surface area (Å²) in [5.74, 6) is 1.07. The summed E-state index contributed by atoms with van der Waals surface area (Å²) in [5, 5.41) is 17.3. The lowest BCUT2D eigenvalue weighted by Gasteiger charge is -2.19. The van der Waals surface area contributed by atoms with Gasteiger partial charge in [-0.2, -0.15) is 4.31 Å². The van der Waals surface area contributed by atoms with Crippen LogP contribution in [0.1, 0.15) is 11.1 Å². The van der Waals surface area contributed by atoms with Crippen molar-refractivity contribution < 1.29 is 52.0 Å². The summed E-state index contributed by atoms with van der Waals surface area (Å²) in [4.78, 5) is 18.1. The Morgan fingerprint density at radius 2 is 1.11 bits per heavy atom. The summed E-state index contributed by atoms with van der Waals surface area (Å²) in [7, 11) is -6.86. The summed E-state index contributed by atoms with van der Waals surface area (Å²) < 4.78 is 48.8. The molecule has 0 aromatic heterocycles. The van der Waals surface area contributed by atoms with E-state index < -0.39 is 15.6 Å². The Morgan fingerprint density at radius 3 is 1.46 bits per heavy atom. The van der Waals surface area contributed by atoms with Crippen LogP contribution in [0.5, 0.6) is 23.0 Å². The number of hydrogen-bond donors (Lipinski definition) is 4. The minimum atomic E-state index is -5.14. The first-order chi connectivity index (χ1) is 16.5. The minimum Gasteiger partial charge on any atom is -0.508 e.